The van der Waals surface area contributed by atoms with Crippen LogP contribution in [-0.4, -0.2) is 158 Å². The predicted molar refractivity (Wildman–Crippen MR) is 139 cm³/mol. The van der Waals surface area contributed by atoms with E-state index in [-0.39, 0.29) is 81.1 Å². The number of anilines is 1. The van der Waals surface area contributed by atoms with Crippen molar-refractivity contribution in [2.75, 3.05) is 25.0 Å². The third-order valence-electron chi connectivity index (χ3n) is 5.03. The second-order valence-electron chi connectivity index (χ2n) is 7.58. The molecule has 2 aromatic rings. The van der Waals surface area contributed by atoms with Crippen LogP contribution in [0.1, 0.15) is 31.9 Å². The number of nitrogens with zero attached hydrogens (tertiary/aromatic N) is 4. The average Bonchev–Trinajstić information content (AvgIpc) is 3.29. The molecule has 38 heavy (non-hydrogen) atoms. The van der Waals surface area contributed by atoms with E-state index >= 15 is 0 Å². The minimum atomic E-state index is -5.09. The predicted octanol–water partition coefficient (Wildman–Crippen LogP) is -1.92. The van der Waals surface area contributed by atoms with E-state index in [9.17, 15) is 24.0 Å². The van der Waals surface area contributed by atoms with Crippen LogP contribution in [0.5, 0.6) is 0 Å². The van der Waals surface area contributed by atoms with Crippen LogP contribution in [0.4, 0.5) is 5.82 Å². The van der Waals surface area contributed by atoms with Gasteiger partial charge in [0.25, 0.3) is 0 Å². The SMILES string of the molecule is NCCCCCCNc1ncnc2c1ncn2[C@@H]1O[C@H](COP(=O)(O)O)[C@@H](OP(=O)(O)O)[C@H]1O.[Li].[Li].[Li].[Li]. The maximum atomic E-state index is 11.4. The summed E-state index contributed by atoms with van der Waals surface area (Å²) in [4.78, 5) is 48.9. The van der Waals surface area contributed by atoms with Gasteiger partial charge >= 0.3 is 15.6 Å². The number of nitrogens with one attached hydrogen (secondary N) is 1. The normalized spacial score (nSPS) is 21.1. The summed E-state index contributed by atoms with van der Waals surface area (Å²) in [5.41, 5.74) is 6.09. The molecule has 4 atom stereocenters. The minimum Gasteiger partial charge on any atom is -0.386 e. The van der Waals surface area contributed by atoms with Gasteiger partial charge in [0.2, 0.25) is 0 Å². The Labute approximate surface area is 267 Å². The smallest absolute Gasteiger partial charge is 0.386 e. The minimum absolute atomic E-state index is 0. The first kappa shape index (κ1) is 41.0. The summed E-state index contributed by atoms with van der Waals surface area (Å²) in [7, 11) is -10.0. The number of nitrogens with two attached hydrogens (primary N) is 1. The number of aliphatic hydroxyl groups excluding tert-OH is 1. The molecule has 2 aromatic heterocycles. The first-order chi connectivity index (χ1) is 16.0. The van der Waals surface area contributed by atoms with Crippen molar-refractivity contribution in [3.8, 4) is 0 Å². The zero-order valence-corrected chi connectivity index (χ0v) is 23.7. The summed E-state index contributed by atoms with van der Waals surface area (Å²) in [6.07, 6.45) is 0.375. The molecule has 1 aliphatic heterocycles. The Morgan fingerprint density at radius 1 is 1.00 bits per heavy atom. The quantitative estimate of drug-likeness (QED) is 0.0811. The van der Waals surface area contributed by atoms with Gasteiger partial charge in [0, 0.05) is 82.0 Å². The Bertz CT molecular complexity index is 1060. The van der Waals surface area contributed by atoms with Gasteiger partial charge in [0.05, 0.1) is 12.9 Å². The number of ether oxygens (including phenoxy) is 1. The molecule has 0 unspecified atom stereocenters. The molecule has 3 heterocycles. The fraction of sp³-hybridized carbons (Fsp3) is 0.688. The molecule has 0 amide bonds. The zero-order chi connectivity index (χ0) is 24.9. The van der Waals surface area contributed by atoms with Gasteiger partial charge in [0.15, 0.2) is 23.2 Å². The maximum absolute atomic E-state index is 11.4. The van der Waals surface area contributed by atoms with Gasteiger partial charge in [-0.25, -0.2) is 24.1 Å². The maximum Gasteiger partial charge on any atom is 0.470 e. The molecule has 0 spiro atoms. The van der Waals surface area contributed by atoms with Gasteiger partial charge < -0.3 is 40.5 Å². The van der Waals surface area contributed by atoms with Gasteiger partial charge in [-0.2, -0.15) is 0 Å². The van der Waals surface area contributed by atoms with Gasteiger partial charge in [-0.3, -0.25) is 13.6 Å². The topological polar surface area (TPSA) is 245 Å². The number of phosphoric ester groups is 2. The first-order valence-electron chi connectivity index (χ1n) is 10.4. The number of phosphoric acid groups is 2. The summed E-state index contributed by atoms with van der Waals surface area (Å²) < 4.78 is 38.3. The van der Waals surface area contributed by atoms with Crippen LogP contribution < -0.4 is 11.1 Å². The molecule has 196 valence electrons. The molecule has 4 radical (unpaired) electrons. The molecule has 22 heteroatoms. The Balaban J connectivity index is 0. The van der Waals surface area contributed by atoms with Crippen LogP contribution in [0.15, 0.2) is 12.7 Å². The van der Waals surface area contributed by atoms with Gasteiger partial charge in [-0.05, 0) is 19.4 Å². The Kier molecular flexibility index (Phi) is 19.8. The molecular weight excluding hydrogens is 526 g/mol. The van der Waals surface area contributed by atoms with Crippen LogP contribution in [0.3, 0.4) is 0 Å². The second-order valence-corrected chi connectivity index (χ2v) is 10.0. The van der Waals surface area contributed by atoms with Crippen molar-refractivity contribution in [3.63, 3.8) is 0 Å². The van der Waals surface area contributed by atoms with Crippen molar-refractivity contribution in [1.82, 2.24) is 19.5 Å². The summed E-state index contributed by atoms with van der Waals surface area (Å²) >= 11 is 0. The van der Waals surface area contributed by atoms with Crippen molar-refractivity contribution < 1.29 is 47.6 Å². The van der Waals surface area contributed by atoms with E-state index in [1.54, 1.807) is 0 Å². The molecule has 1 aliphatic rings. The molecule has 0 bridgehead atoms. The zero-order valence-electron chi connectivity index (χ0n) is 22.0. The van der Waals surface area contributed by atoms with E-state index in [2.05, 4.69) is 29.3 Å². The summed E-state index contributed by atoms with van der Waals surface area (Å²) in [5.74, 6) is 0.444. The molecular formula is C16H28Li4N6O10P2. The number of hydrogen-bond donors (Lipinski definition) is 7. The van der Waals surface area contributed by atoms with E-state index in [4.69, 9.17) is 20.3 Å². The fourth-order valence-corrected chi connectivity index (χ4v) is 4.46. The number of aliphatic hydroxyl groups is 1. The molecule has 8 N–H and O–H groups in total. The van der Waals surface area contributed by atoms with Crippen molar-refractivity contribution in [2.24, 2.45) is 5.73 Å². The van der Waals surface area contributed by atoms with Gasteiger partial charge in [-0.15, -0.1) is 0 Å². The van der Waals surface area contributed by atoms with E-state index < -0.39 is 46.8 Å². The third-order valence-corrected chi connectivity index (χ3v) is 6.04. The molecule has 3 rings (SSSR count). The number of rotatable bonds is 13. The Morgan fingerprint density at radius 3 is 2.26 bits per heavy atom. The van der Waals surface area contributed by atoms with E-state index in [0.717, 1.165) is 25.7 Å². The van der Waals surface area contributed by atoms with E-state index in [1.165, 1.54) is 17.2 Å². The standard InChI is InChI=1S/C16H28N6O10P2.4Li/c17-5-3-1-2-4-6-18-14-11-15(20-8-19-14)22(9-21-11)16-12(23)13(32-34(27,28)29)10(31-16)7-30-33(24,25)26;;;;/h8-10,12-13,16,23H,1-7,17H2,(H,18,19,20)(H2,24,25,26)(H2,27,28,29);;;;/t10-,12-,13-,16-;;;;/m1..../s1. The molecule has 0 aliphatic carbocycles. The summed E-state index contributed by atoms with van der Waals surface area (Å²) in [6, 6.07) is 0. The van der Waals surface area contributed by atoms with Gasteiger partial charge in [-0.1, -0.05) is 12.8 Å². The number of aromatic nitrogens is 4. The van der Waals surface area contributed by atoms with E-state index in [1.807, 2.05) is 0 Å². The summed E-state index contributed by atoms with van der Waals surface area (Å²) in [6.45, 7) is 0.478. The van der Waals surface area contributed by atoms with Crippen LogP contribution in [0.25, 0.3) is 11.2 Å². The number of imidazole rings is 1. The fourth-order valence-electron chi connectivity index (χ4n) is 3.54. The van der Waals surface area contributed by atoms with Crippen LogP contribution in [0.2, 0.25) is 0 Å². The Hall–Kier alpha value is 0.840. The number of fused-ring (bicyclic) bond motifs is 1. The Morgan fingerprint density at radius 2 is 1.66 bits per heavy atom. The number of hydrogen-bond acceptors (Lipinski definition) is 11. The third kappa shape index (κ3) is 12.0. The molecule has 16 nitrogen and oxygen atoms in total. The van der Waals surface area contributed by atoms with Crippen LogP contribution in [-0.2, 0) is 22.9 Å². The van der Waals surface area contributed by atoms with Crippen molar-refractivity contribution in [2.45, 2.75) is 50.2 Å². The molecule has 0 aromatic carbocycles. The molecule has 1 saturated heterocycles. The monoisotopic (exact) mass is 554 g/mol. The number of unbranched alkanes of at least 4 members (excludes halogenated alkanes) is 3. The van der Waals surface area contributed by atoms with Crippen molar-refractivity contribution >= 4 is 108 Å². The van der Waals surface area contributed by atoms with Crippen LogP contribution in [0, 0.1) is 0 Å². The summed E-state index contributed by atoms with van der Waals surface area (Å²) in [5, 5.41) is 13.9. The average molecular weight is 554 g/mol. The largest absolute Gasteiger partial charge is 0.470 e. The van der Waals surface area contributed by atoms with E-state index in [0.29, 0.717) is 24.4 Å². The first-order valence-corrected chi connectivity index (χ1v) is 13.5. The van der Waals surface area contributed by atoms with Crippen LogP contribution >= 0.6 is 15.6 Å². The molecule has 1 fully saturated rings. The van der Waals surface area contributed by atoms with Gasteiger partial charge in [0.1, 0.15) is 24.6 Å². The molecule has 0 saturated carbocycles. The second kappa shape index (κ2) is 18.4. The van der Waals surface area contributed by atoms with Crippen molar-refractivity contribution in [3.05, 3.63) is 12.7 Å². The van der Waals surface area contributed by atoms with Crippen molar-refractivity contribution in [1.29, 1.82) is 0 Å².